The monoisotopic (exact) mass is 410 g/mol. The predicted octanol–water partition coefficient (Wildman–Crippen LogP) is 4.50. The molecule has 3 rings (SSSR count). The van der Waals surface area contributed by atoms with E-state index in [1.54, 1.807) is 10.6 Å². The number of nitrogens with zero attached hydrogens (tertiary/aromatic N) is 2. The van der Waals surface area contributed by atoms with Crippen molar-refractivity contribution in [1.82, 2.24) is 9.55 Å². The number of fused-ring (bicyclic) bond motifs is 1. The molecule has 5 nitrogen and oxygen atoms in total. The van der Waals surface area contributed by atoms with Crippen LogP contribution in [0.1, 0.15) is 36.2 Å². The number of Topliss-reactive ketones (excluding diaryl/α,β-unsaturated/α-hetero) is 1. The summed E-state index contributed by atoms with van der Waals surface area (Å²) in [5.41, 5.74) is 2.35. The van der Waals surface area contributed by atoms with Crippen LogP contribution in [0.15, 0.2) is 58.5 Å². The fourth-order valence-corrected chi connectivity index (χ4v) is 4.08. The zero-order valence-electron chi connectivity index (χ0n) is 17.1. The first-order chi connectivity index (χ1) is 14.0. The van der Waals surface area contributed by atoms with E-state index in [4.69, 9.17) is 9.72 Å². The Morgan fingerprint density at radius 3 is 2.62 bits per heavy atom. The molecule has 29 heavy (non-hydrogen) atoms. The van der Waals surface area contributed by atoms with Gasteiger partial charge in [0.25, 0.3) is 5.56 Å². The standard InChI is InChI=1S/C23H26N2O3S/c1-4-28-15-7-14-25-22(27)19-8-5-6-9-20(19)24-23(25)29-17(3)21(26)18-12-10-16(2)11-13-18/h5-6,8-13,17H,4,7,14-15H2,1-3H3/t17-/m1/s1. The molecular weight excluding hydrogens is 384 g/mol. The van der Waals surface area contributed by atoms with Gasteiger partial charge in [-0.3, -0.25) is 14.2 Å². The number of aromatic nitrogens is 2. The fourth-order valence-electron chi connectivity index (χ4n) is 3.07. The van der Waals surface area contributed by atoms with Crippen LogP contribution in [-0.4, -0.2) is 33.8 Å². The molecule has 0 radical (unpaired) electrons. The summed E-state index contributed by atoms with van der Waals surface area (Å²) in [5.74, 6) is 0.0262. The lowest BCUT2D eigenvalue weighted by molar-refractivity contribution is 0.0993. The molecule has 3 aromatic rings. The van der Waals surface area contributed by atoms with Crippen LogP contribution in [0.4, 0.5) is 0 Å². The average Bonchev–Trinajstić information content (AvgIpc) is 2.73. The SMILES string of the molecule is CCOCCCn1c(S[C@H](C)C(=O)c2ccc(C)cc2)nc2ccccc2c1=O. The molecule has 0 aliphatic rings. The number of para-hydroxylation sites is 1. The molecule has 1 heterocycles. The van der Waals surface area contributed by atoms with Crippen LogP contribution in [0.3, 0.4) is 0 Å². The third-order valence-electron chi connectivity index (χ3n) is 4.69. The van der Waals surface area contributed by atoms with Crippen LogP contribution < -0.4 is 5.56 Å². The highest BCUT2D eigenvalue weighted by atomic mass is 32.2. The summed E-state index contributed by atoms with van der Waals surface area (Å²) in [7, 11) is 0. The maximum atomic E-state index is 13.1. The molecule has 0 aliphatic carbocycles. The van der Waals surface area contributed by atoms with Gasteiger partial charge in [0.05, 0.1) is 16.2 Å². The van der Waals surface area contributed by atoms with Crippen molar-refractivity contribution in [2.24, 2.45) is 0 Å². The second-order valence-corrected chi connectivity index (χ2v) is 8.22. The summed E-state index contributed by atoms with van der Waals surface area (Å²) >= 11 is 1.33. The minimum atomic E-state index is -0.357. The second-order valence-electron chi connectivity index (χ2n) is 6.91. The maximum absolute atomic E-state index is 13.1. The predicted molar refractivity (Wildman–Crippen MR) is 118 cm³/mol. The highest BCUT2D eigenvalue weighted by Gasteiger charge is 2.20. The van der Waals surface area contributed by atoms with Gasteiger partial charge in [-0.05, 0) is 39.3 Å². The summed E-state index contributed by atoms with van der Waals surface area (Å²) < 4.78 is 7.08. The minimum absolute atomic E-state index is 0.0262. The number of benzene rings is 2. The molecule has 152 valence electrons. The summed E-state index contributed by atoms with van der Waals surface area (Å²) in [5, 5.41) is 0.799. The molecule has 0 N–H and O–H groups in total. The first-order valence-corrected chi connectivity index (χ1v) is 10.7. The number of ether oxygens (including phenoxy) is 1. The molecule has 1 aromatic heterocycles. The highest BCUT2D eigenvalue weighted by Crippen LogP contribution is 2.25. The number of aryl methyl sites for hydroxylation is 1. The van der Waals surface area contributed by atoms with Crippen molar-refractivity contribution >= 4 is 28.4 Å². The van der Waals surface area contributed by atoms with Crippen molar-refractivity contribution in [2.45, 2.75) is 44.1 Å². The molecular formula is C23H26N2O3S. The van der Waals surface area contributed by atoms with Crippen molar-refractivity contribution in [2.75, 3.05) is 13.2 Å². The van der Waals surface area contributed by atoms with Crippen LogP contribution in [0.2, 0.25) is 0 Å². The molecule has 1 atom stereocenters. The molecule has 0 bridgehead atoms. The molecule has 0 amide bonds. The third kappa shape index (κ3) is 5.14. The largest absolute Gasteiger partial charge is 0.382 e. The normalized spacial score (nSPS) is 12.2. The molecule has 0 fully saturated rings. The zero-order chi connectivity index (χ0) is 20.8. The minimum Gasteiger partial charge on any atom is -0.382 e. The van der Waals surface area contributed by atoms with E-state index in [2.05, 4.69) is 0 Å². The number of carbonyl (C=O) groups is 1. The van der Waals surface area contributed by atoms with E-state index in [9.17, 15) is 9.59 Å². The maximum Gasteiger partial charge on any atom is 0.262 e. The van der Waals surface area contributed by atoms with Gasteiger partial charge in [-0.2, -0.15) is 0 Å². The Bertz CT molecular complexity index is 1040. The summed E-state index contributed by atoms with van der Waals surface area (Å²) in [6.07, 6.45) is 0.710. The summed E-state index contributed by atoms with van der Waals surface area (Å²) in [6, 6.07) is 14.9. The smallest absolute Gasteiger partial charge is 0.262 e. The van der Waals surface area contributed by atoms with Crippen molar-refractivity contribution in [1.29, 1.82) is 0 Å². The number of ketones is 1. The van der Waals surface area contributed by atoms with Gasteiger partial charge in [-0.25, -0.2) is 4.98 Å². The van der Waals surface area contributed by atoms with Gasteiger partial charge >= 0.3 is 0 Å². The van der Waals surface area contributed by atoms with Crippen LogP contribution in [-0.2, 0) is 11.3 Å². The Morgan fingerprint density at radius 1 is 1.17 bits per heavy atom. The van der Waals surface area contributed by atoms with Crippen LogP contribution >= 0.6 is 11.8 Å². The van der Waals surface area contributed by atoms with E-state index < -0.39 is 0 Å². The van der Waals surface area contributed by atoms with Crippen LogP contribution in [0.25, 0.3) is 10.9 Å². The molecule has 0 unspecified atom stereocenters. The lowest BCUT2D eigenvalue weighted by Crippen LogP contribution is -2.25. The van der Waals surface area contributed by atoms with Crippen molar-refractivity contribution in [3.05, 3.63) is 70.0 Å². The second kappa shape index (κ2) is 9.85. The Hall–Kier alpha value is -2.44. The lowest BCUT2D eigenvalue weighted by atomic mass is 10.1. The Kier molecular flexibility index (Phi) is 7.23. The van der Waals surface area contributed by atoms with E-state index in [1.807, 2.05) is 63.2 Å². The molecule has 0 saturated heterocycles. The van der Waals surface area contributed by atoms with E-state index in [-0.39, 0.29) is 16.6 Å². The van der Waals surface area contributed by atoms with E-state index in [1.165, 1.54) is 11.8 Å². The van der Waals surface area contributed by atoms with Gasteiger partial charge < -0.3 is 4.74 Å². The number of hydrogen-bond acceptors (Lipinski definition) is 5. The fraction of sp³-hybridized carbons (Fsp3) is 0.348. The van der Waals surface area contributed by atoms with Gasteiger partial charge in [0.2, 0.25) is 0 Å². The van der Waals surface area contributed by atoms with Gasteiger partial charge in [-0.1, -0.05) is 53.7 Å². The van der Waals surface area contributed by atoms with Crippen molar-refractivity contribution in [3.8, 4) is 0 Å². The zero-order valence-corrected chi connectivity index (χ0v) is 17.9. The number of hydrogen-bond donors (Lipinski definition) is 0. The molecule has 6 heteroatoms. The van der Waals surface area contributed by atoms with Crippen molar-refractivity contribution in [3.63, 3.8) is 0 Å². The van der Waals surface area contributed by atoms with Gasteiger partial charge in [0, 0.05) is 25.3 Å². The average molecular weight is 411 g/mol. The Balaban J connectivity index is 1.90. The van der Waals surface area contributed by atoms with E-state index in [0.717, 1.165) is 5.56 Å². The number of thioether (sulfide) groups is 1. The van der Waals surface area contributed by atoms with Gasteiger partial charge in [0.15, 0.2) is 10.9 Å². The quantitative estimate of drug-likeness (QED) is 0.225. The Labute approximate surface area is 175 Å². The van der Waals surface area contributed by atoms with Gasteiger partial charge in [-0.15, -0.1) is 0 Å². The van der Waals surface area contributed by atoms with Crippen molar-refractivity contribution < 1.29 is 9.53 Å². The Morgan fingerprint density at radius 2 is 1.90 bits per heavy atom. The van der Waals surface area contributed by atoms with E-state index in [0.29, 0.717) is 47.8 Å². The topological polar surface area (TPSA) is 61.2 Å². The lowest BCUT2D eigenvalue weighted by Gasteiger charge is -2.16. The summed E-state index contributed by atoms with van der Waals surface area (Å²) in [6.45, 7) is 7.53. The van der Waals surface area contributed by atoms with Gasteiger partial charge in [0.1, 0.15) is 0 Å². The third-order valence-corrected chi connectivity index (χ3v) is 5.78. The number of carbonyl (C=O) groups excluding carboxylic acids is 1. The molecule has 0 aliphatic heterocycles. The van der Waals surface area contributed by atoms with Crippen LogP contribution in [0, 0.1) is 6.92 Å². The highest BCUT2D eigenvalue weighted by molar-refractivity contribution is 8.00. The number of rotatable bonds is 9. The molecule has 0 saturated carbocycles. The molecule has 2 aromatic carbocycles. The van der Waals surface area contributed by atoms with E-state index >= 15 is 0 Å². The first-order valence-electron chi connectivity index (χ1n) is 9.86. The first kappa shape index (κ1) is 21.3. The summed E-state index contributed by atoms with van der Waals surface area (Å²) in [4.78, 5) is 30.6. The van der Waals surface area contributed by atoms with Crippen LogP contribution in [0.5, 0.6) is 0 Å². The molecule has 0 spiro atoms.